The molecule has 5 aromatic rings. The molecule has 3 aromatic carbocycles. The third-order valence-electron chi connectivity index (χ3n) is 5.30. The highest BCUT2D eigenvalue weighted by molar-refractivity contribution is 7.92. The van der Waals surface area contributed by atoms with Gasteiger partial charge in [0.25, 0.3) is 0 Å². The second-order valence-corrected chi connectivity index (χ2v) is 9.74. The van der Waals surface area contributed by atoms with E-state index in [0.717, 1.165) is 45.0 Å². The number of anilines is 3. The van der Waals surface area contributed by atoms with Gasteiger partial charge < -0.3 is 17.7 Å². The van der Waals surface area contributed by atoms with Crippen LogP contribution in [0.4, 0.5) is 17.1 Å². The highest BCUT2D eigenvalue weighted by atomic mass is 35.5. The second kappa shape index (κ2) is 9.67. The van der Waals surface area contributed by atoms with Crippen molar-refractivity contribution in [2.24, 2.45) is 0 Å². The van der Waals surface area contributed by atoms with Gasteiger partial charge in [-0.05, 0) is 30.3 Å². The summed E-state index contributed by atoms with van der Waals surface area (Å²) in [6, 6.07) is 27.6. The Bertz CT molecular complexity index is 1520. The highest BCUT2D eigenvalue weighted by Crippen LogP contribution is 2.34. The van der Waals surface area contributed by atoms with Crippen molar-refractivity contribution in [3.05, 3.63) is 103 Å². The van der Waals surface area contributed by atoms with Crippen LogP contribution in [0.15, 0.2) is 97.3 Å². The molecular formula is C26H23ClN4O2S. The number of rotatable bonds is 6. The summed E-state index contributed by atoms with van der Waals surface area (Å²) >= 11 is 0. The van der Waals surface area contributed by atoms with E-state index in [-0.39, 0.29) is 12.4 Å². The fourth-order valence-corrected chi connectivity index (χ4v) is 4.54. The number of nitrogens with one attached hydrogen (secondary N) is 2. The van der Waals surface area contributed by atoms with Gasteiger partial charge in [0.1, 0.15) is 0 Å². The number of sulfonamides is 1. The molecule has 0 aliphatic rings. The lowest BCUT2D eigenvalue weighted by Crippen LogP contribution is -3.00. The lowest BCUT2D eigenvalue weighted by molar-refractivity contribution is -0.688. The average molecular weight is 491 g/mol. The van der Waals surface area contributed by atoms with Crippen molar-refractivity contribution in [1.29, 1.82) is 0 Å². The maximum absolute atomic E-state index is 11.9. The van der Waals surface area contributed by atoms with Gasteiger partial charge in [0.05, 0.1) is 28.7 Å². The van der Waals surface area contributed by atoms with Gasteiger partial charge in [0, 0.05) is 34.2 Å². The predicted molar refractivity (Wildman–Crippen MR) is 133 cm³/mol. The van der Waals surface area contributed by atoms with Crippen LogP contribution < -0.4 is 27.0 Å². The number of halogens is 1. The molecule has 0 aliphatic heterocycles. The lowest BCUT2D eigenvalue weighted by Gasteiger charge is -2.15. The predicted octanol–water partition coefficient (Wildman–Crippen LogP) is 1.84. The molecule has 0 spiro atoms. The van der Waals surface area contributed by atoms with Crippen molar-refractivity contribution in [1.82, 2.24) is 4.98 Å². The van der Waals surface area contributed by atoms with E-state index < -0.39 is 10.0 Å². The lowest BCUT2D eigenvalue weighted by atomic mass is 10.1. The molecule has 0 saturated heterocycles. The Labute approximate surface area is 204 Å². The highest BCUT2D eigenvalue weighted by Gasteiger charge is 2.13. The summed E-state index contributed by atoms with van der Waals surface area (Å²) in [7, 11) is -3.42. The van der Waals surface area contributed by atoms with Crippen LogP contribution in [0.5, 0.6) is 0 Å². The molecule has 0 bridgehead atoms. The zero-order chi connectivity index (χ0) is 22.8. The molecule has 0 aliphatic carbocycles. The molecule has 5 rings (SSSR count). The summed E-state index contributed by atoms with van der Waals surface area (Å²) in [4.78, 5) is 4.78. The first-order valence-corrected chi connectivity index (χ1v) is 12.4. The molecule has 2 heterocycles. The monoisotopic (exact) mass is 490 g/mol. The second-order valence-electron chi connectivity index (χ2n) is 7.99. The summed E-state index contributed by atoms with van der Waals surface area (Å²) in [5.74, 6) is 0. The van der Waals surface area contributed by atoms with E-state index in [1.54, 1.807) is 0 Å². The van der Waals surface area contributed by atoms with Crippen molar-refractivity contribution in [3.63, 3.8) is 0 Å². The van der Waals surface area contributed by atoms with Gasteiger partial charge in [-0.25, -0.2) is 18.0 Å². The standard InChI is InChI=1S/C26H23N4O2S.ClH/c1-33(31,32)29-21-16-19(18-30-13-7-2-8-14-30)15-20(17-21)27-26-22-9-3-5-11-24(22)28-25-12-6-4-10-23(25)26;/h2-17,29H,18H2,1H3,(H,27,28);1H/q+1;/p-1. The Morgan fingerprint density at radius 2 is 1.38 bits per heavy atom. The molecule has 6 nitrogen and oxygen atoms in total. The Morgan fingerprint density at radius 1 is 0.794 bits per heavy atom. The molecular weight excluding hydrogens is 468 g/mol. The van der Waals surface area contributed by atoms with Gasteiger partial charge in [-0.2, -0.15) is 0 Å². The normalized spacial score (nSPS) is 11.2. The summed E-state index contributed by atoms with van der Waals surface area (Å²) < 4.78 is 28.5. The Kier molecular flexibility index (Phi) is 6.68. The SMILES string of the molecule is CS(=O)(=O)Nc1cc(C[n+]2ccccc2)cc(Nc2c3ccccc3nc3ccccc23)c1.[Cl-]. The van der Waals surface area contributed by atoms with E-state index in [1.165, 1.54) is 0 Å². The van der Waals surface area contributed by atoms with Gasteiger partial charge in [0.15, 0.2) is 18.9 Å². The molecule has 0 amide bonds. The van der Waals surface area contributed by atoms with Gasteiger partial charge in [-0.3, -0.25) is 4.72 Å². The first-order chi connectivity index (χ1) is 15.9. The Hall–Kier alpha value is -3.68. The van der Waals surface area contributed by atoms with Crippen LogP contribution in [0.1, 0.15) is 5.56 Å². The number of nitrogens with zero attached hydrogens (tertiary/aromatic N) is 2. The van der Waals surface area contributed by atoms with Gasteiger partial charge in [0.2, 0.25) is 10.0 Å². The number of benzene rings is 3. The van der Waals surface area contributed by atoms with Crippen LogP contribution in [0.3, 0.4) is 0 Å². The van der Waals surface area contributed by atoms with Crippen molar-refractivity contribution in [3.8, 4) is 0 Å². The van der Waals surface area contributed by atoms with Crippen LogP contribution in [0, 0.1) is 0 Å². The summed E-state index contributed by atoms with van der Waals surface area (Å²) in [6.45, 7) is 0.604. The minimum atomic E-state index is -3.42. The van der Waals surface area contributed by atoms with Crippen LogP contribution in [0.2, 0.25) is 0 Å². The summed E-state index contributed by atoms with van der Waals surface area (Å²) in [6.07, 6.45) is 5.11. The summed E-state index contributed by atoms with van der Waals surface area (Å²) in [5.41, 5.74) is 4.98. The molecule has 0 atom stereocenters. The van der Waals surface area contributed by atoms with Crippen LogP contribution in [0.25, 0.3) is 21.8 Å². The third kappa shape index (κ3) is 5.27. The Balaban J connectivity index is 0.00000274. The molecule has 2 aromatic heterocycles. The molecule has 0 radical (unpaired) electrons. The molecule has 0 unspecified atom stereocenters. The largest absolute Gasteiger partial charge is 1.00 e. The van der Waals surface area contributed by atoms with Crippen LogP contribution >= 0.6 is 0 Å². The van der Waals surface area contributed by atoms with Crippen molar-refractivity contribution < 1.29 is 25.4 Å². The fourth-order valence-electron chi connectivity index (χ4n) is 4.00. The maximum Gasteiger partial charge on any atom is 0.229 e. The number of pyridine rings is 2. The zero-order valence-electron chi connectivity index (χ0n) is 18.4. The third-order valence-corrected chi connectivity index (χ3v) is 5.90. The average Bonchev–Trinajstić information content (AvgIpc) is 2.78. The van der Waals surface area contributed by atoms with E-state index in [2.05, 4.69) is 10.0 Å². The number of aromatic nitrogens is 2. The zero-order valence-corrected chi connectivity index (χ0v) is 20.0. The van der Waals surface area contributed by atoms with Gasteiger partial charge in [-0.15, -0.1) is 0 Å². The minimum Gasteiger partial charge on any atom is -1.00 e. The molecule has 34 heavy (non-hydrogen) atoms. The van der Waals surface area contributed by atoms with E-state index >= 15 is 0 Å². The summed E-state index contributed by atoms with van der Waals surface area (Å²) in [5, 5.41) is 5.55. The number of hydrogen-bond donors (Lipinski definition) is 2. The first kappa shape index (κ1) is 23.5. The smallest absolute Gasteiger partial charge is 0.229 e. The van der Waals surface area contributed by atoms with Gasteiger partial charge in [-0.1, -0.05) is 42.5 Å². The number of fused-ring (bicyclic) bond motifs is 2. The van der Waals surface area contributed by atoms with Crippen molar-refractivity contribution >= 4 is 48.9 Å². The van der Waals surface area contributed by atoms with E-state index in [0.29, 0.717) is 12.2 Å². The van der Waals surface area contributed by atoms with Gasteiger partial charge >= 0.3 is 0 Å². The topological polar surface area (TPSA) is 75.0 Å². The molecule has 2 N–H and O–H groups in total. The molecule has 172 valence electrons. The number of hydrogen-bond acceptors (Lipinski definition) is 4. The van der Waals surface area contributed by atoms with E-state index in [9.17, 15) is 8.42 Å². The van der Waals surface area contributed by atoms with Crippen LogP contribution in [-0.4, -0.2) is 19.7 Å². The molecule has 8 heteroatoms. The van der Waals surface area contributed by atoms with Crippen molar-refractivity contribution in [2.45, 2.75) is 6.54 Å². The molecule has 0 fully saturated rings. The number of para-hydroxylation sites is 2. The first-order valence-electron chi connectivity index (χ1n) is 10.5. The Morgan fingerprint density at radius 3 is 2.00 bits per heavy atom. The minimum absolute atomic E-state index is 0. The molecule has 0 saturated carbocycles. The van der Waals surface area contributed by atoms with E-state index in [4.69, 9.17) is 4.98 Å². The maximum atomic E-state index is 11.9. The fraction of sp³-hybridized carbons (Fsp3) is 0.0769. The quantitative estimate of drug-likeness (QED) is 0.281. The van der Waals surface area contributed by atoms with Crippen molar-refractivity contribution in [2.75, 3.05) is 16.3 Å². The van der Waals surface area contributed by atoms with E-state index in [1.807, 2.05) is 102 Å². The van der Waals surface area contributed by atoms with Crippen LogP contribution in [-0.2, 0) is 16.6 Å².